The topological polar surface area (TPSA) is 132 Å². The molecule has 0 rings (SSSR count). The van der Waals surface area contributed by atoms with E-state index in [1.54, 1.807) is 0 Å². The lowest BCUT2D eigenvalue weighted by atomic mass is 10.0. The third-order valence-corrected chi connectivity index (χ3v) is 12.1. The Bertz CT molecular complexity index is 991. The van der Waals surface area contributed by atoms with Crippen molar-refractivity contribution in [1.29, 1.82) is 0 Å². The summed E-state index contributed by atoms with van der Waals surface area (Å²) in [6.45, 7) is 3.54. The van der Waals surface area contributed by atoms with Gasteiger partial charge in [-0.2, -0.15) is 0 Å². The number of aliphatic hydroxyl groups excluding tert-OH is 2. The van der Waals surface area contributed by atoms with Crippen molar-refractivity contribution in [2.75, 3.05) is 33.0 Å². The summed E-state index contributed by atoms with van der Waals surface area (Å²) < 4.78 is 33.5. The van der Waals surface area contributed by atoms with Crippen LogP contribution in [0.4, 0.5) is 0 Å². The van der Waals surface area contributed by atoms with Gasteiger partial charge in [0, 0.05) is 13.0 Å². The number of aliphatic hydroxyl groups is 2. The zero-order chi connectivity index (χ0) is 43.9. The maximum Gasteiger partial charge on any atom is 0.472 e. The van der Waals surface area contributed by atoms with Crippen LogP contribution in [0.15, 0.2) is 24.3 Å². The quantitative estimate of drug-likeness (QED) is 0.0237. The number of hydrogen-bond donors (Lipinski definition) is 3. The van der Waals surface area contributed by atoms with E-state index in [1.165, 1.54) is 167 Å². The Kier molecular flexibility index (Phi) is 46.6. The van der Waals surface area contributed by atoms with Crippen LogP contribution < -0.4 is 0 Å². The summed E-state index contributed by atoms with van der Waals surface area (Å²) in [6.07, 6.45) is 51.5. The minimum Gasteiger partial charge on any atom is -0.457 e. The normalized spacial score (nSPS) is 14.0. The van der Waals surface area contributed by atoms with Gasteiger partial charge in [0.25, 0.3) is 0 Å². The molecule has 0 aromatic heterocycles. The number of esters is 1. The average Bonchev–Trinajstić information content (AvgIpc) is 3.24. The van der Waals surface area contributed by atoms with Gasteiger partial charge in [-0.05, 0) is 64.2 Å². The smallest absolute Gasteiger partial charge is 0.457 e. The zero-order valence-corrected chi connectivity index (χ0v) is 40.1. The number of rotatable bonds is 49. The third-order valence-electron chi connectivity index (χ3n) is 11.1. The van der Waals surface area contributed by atoms with Crippen molar-refractivity contribution in [3.63, 3.8) is 0 Å². The van der Waals surface area contributed by atoms with Crippen LogP contribution >= 0.6 is 7.82 Å². The molecule has 0 aromatic rings. The summed E-state index contributed by atoms with van der Waals surface area (Å²) >= 11 is 0. The van der Waals surface area contributed by atoms with Gasteiger partial charge >= 0.3 is 13.8 Å². The molecular weight excluding hydrogens is 776 g/mol. The van der Waals surface area contributed by atoms with Crippen LogP contribution in [0.2, 0.25) is 0 Å². The van der Waals surface area contributed by atoms with E-state index in [-0.39, 0.29) is 25.6 Å². The number of phosphoric ester groups is 1. The first kappa shape index (κ1) is 58.9. The molecule has 9 nitrogen and oxygen atoms in total. The van der Waals surface area contributed by atoms with Gasteiger partial charge in [-0.25, -0.2) is 4.57 Å². The number of ether oxygens (including phenoxy) is 2. The number of allylic oxidation sites excluding steroid dienone is 4. The molecular formula is C50H97O9P. The van der Waals surface area contributed by atoms with Crippen LogP contribution in [0.3, 0.4) is 0 Å². The van der Waals surface area contributed by atoms with Gasteiger partial charge in [0.2, 0.25) is 0 Å². The van der Waals surface area contributed by atoms with Crippen LogP contribution in [-0.4, -0.2) is 66.3 Å². The Hall–Kier alpha value is -1.06. The number of carbonyl (C=O) groups is 1. The fourth-order valence-corrected chi connectivity index (χ4v) is 8.02. The zero-order valence-electron chi connectivity index (χ0n) is 39.2. The van der Waals surface area contributed by atoms with Gasteiger partial charge < -0.3 is 24.6 Å². The van der Waals surface area contributed by atoms with E-state index in [0.29, 0.717) is 6.61 Å². The second kappa shape index (κ2) is 47.4. The predicted octanol–water partition coefficient (Wildman–Crippen LogP) is 14.6. The monoisotopic (exact) mass is 873 g/mol. The van der Waals surface area contributed by atoms with Gasteiger partial charge in [0.1, 0.15) is 12.2 Å². The van der Waals surface area contributed by atoms with Crippen molar-refractivity contribution in [1.82, 2.24) is 0 Å². The van der Waals surface area contributed by atoms with E-state index in [2.05, 4.69) is 38.2 Å². The van der Waals surface area contributed by atoms with Crippen molar-refractivity contribution in [2.24, 2.45) is 0 Å². The van der Waals surface area contributed by atoms with Crippen molar-refractivity contribution in [3.05, 3.63) is 24.3 Å². The molecule has 3 atom stereocenters. The summed E-state index contributed by atoms with van der Waals surface area (Å²) in [5.74, 6) is -0.388. The molecule has 60 heavy (non-hydrogen) atoms. The molecule has 10 heteroatoms. The van der Waals surface area contributed by atoms with Crippen molar-refractivity contribution >= 4 is 13.8 Å². The van der Waals surface area contributed by atoms with E-state index in [1.807, 2.05) is 0 Å². The maximum absolute atomic E-state index is 12.6. The molecule has 0 aliphatic carbocycles. The number of carbonyl (C=O) groups excluding carboxylic acids is 1. The summed E-state index contributed by atoms with van der Waals surface area (Å²) in [5.41, 5.74) is 0. The maximum atomic E-state index is 12.6. The van der Waals surface area contributed by atoms with E-state index >= 15 is 0 Å². The molecule has 3 N–H and O–H groups in total. The van der Waals surface area contributed by atoms with Gasteiger partial charge in [-0.3, -0.25) is 13.8 Å². The first-order valence-corrected chi connectivity index (χ1v) is 26.8. The standard InChI is InChI=1S/C50H97O9P/c1-3-5-7-9-11-13-15-17-19-20-21-22-23-24-25-26-27-29-31-33-35-37-39-41-43-56-46-49(47-58-60(54,55)57-45-48(52)44-51)59-50(53)42-40-38-36-34-32-30-28-18-16-14-12-10-8-6-4-2/h18,20-21,28,48-49,51-52H,3-17,19,22-27,29-47H2,1-2H3,(H,54,55)/b21-20-,28-18-. The Morgan fingerprint density at radius 2 is 0.850 bits per heavy atom. The predicted molar refractivity (Wildman–Crippen MR) is 251 cm³/mol. The molecule has 3 unspecified atom stereocenters. The second-order valence-electron chi connectivity index (χ2n) is 17.2. The third kappa shape index (κ3) is 46.4. The highest BCUT2D eigenvalue weighted by molar-refractivity contribution is 7.47. The van der Waals surface area contributed by atoms with Crippen LogP contribution in [0, 0.1) is 0 Å². The number of hydrogen-bond acceptors (Lipinski definition) is 8. The number of phosphoric acid groups is 1. The lowest BCUT2D eigenvalue weighted by molar-refractivity contribution is -0.154. The molecule has 0 bridgehead atoms. The highest BCUT2D eigenvalue weighted by atomic mass is 31.2. The lowest BCUT2D eigenvalue weighted by Crippen LogP contribution is -2.29. The molecule has 0 saturated carbocycles. The Balaban J connectivity index is 4.02. The fourth-order valence-electron chi connectivity index (χ4n) is 7.23. The first-order valence-electron chi connectivity index (χ1n) is 25.3. The summed E-state index contributed by atoms with van der Waals surface area (Å²) in [5, 5.41) is 18.4. The molecule has 0 amide bonds. The summed E-state index contributed by atoms with van der Waals surface area (Å²) in [7, 11) is -4.52. The largest absolute Gasteiger partial charge is 0.472 e. The van der Waals surface area contributed by atoms with Crippen LogP contribution in [0.1, 0.15) is 245 Å². The molecule has 0 aromatic carbocycles. The van der Waals surface area contributed by atoms with Crippen molar-refractivity contribution in [2.45, 2.75) is 257 Å². The Labute approximate surface area is 370 Å². The van der Waals surface area contributed by atoms with Gasteiger partial charge in [0.05, 0.1) is 26.4 Å². The lowest BCUT2D eigenvalue weighted by Gasteiger charge is -2.20. The molecule has 0 heterocycles. The molecule has 0 aliphatic rings. The van der Waals surface area contributed by atoms with E-state index in [0.717, 1.165) is 57.8 Å². The molecule has 356 valence electrons. The van der Waals surface area contributed by atoms with Gasteiger partial charge in [0.15, 0.2) is 0 Å². The SMILES string of the molecule is CCCCCCCC/C=C\CCCCCCCC(=O)OC(COCCCCCCCCCCCCCC/C=C\CCCCCCCCCC)COP(=O)(O)OCC(O)CO. The van der Waals surface area contributed by atoms with Crippen LogP contribution in [-0.2, 0) is 27.9 Å². The molecule has 0 saturated heterocycles. The van der Waals surface area contributed by atoms with E-state index < -0.39 is 33.2 Å². The van der Waals surface area contributed by atoms with Gasteiger partial charge in [-0.15, -0.1) is 0 Å². The molecule has 0 radical (unpaired) electrons. The van der Waals surface area contributed by atoms with E-state index in [9.17, 15) is 19.4 Å². The minimum atomic E-state index is -4.52. The van der Waals surface area contributed by atoms with Gasteiger partial charge in [-0.1, -0.05) is 199 Å². The fraction of sp³-hybridized carbons (Fsp3) is 0.900. The molecule has 0 fully saturated rings. The van der Waals surface area contributed by atoms with E-state index in [4.69, 9.17) is 23.6 Å². The first-order chi connectivity index (χ1) is 29.3. The van der Waals surface area contributed by atoms with Crippen molar-refractivity contribution in [3.8, 4) is 0 Å². The van der Waals surface area contributed by atoms with Crippen LogP contribution in [0.5, 0.6) is 0 Å². The Morgan fingerprint density at radius 3 is 1.25 bits per heavy atom. The number of unbranched alkanes of at least 4 members (excludes halogenated alkanes) is 31. The summed E-state index contributed by atoms with van der Waals surface area (Å²) in [6, 6.07) is 0. The highest BCUT2D eigenvalue weighted by Gasteiger charge is 2.26. The molecule has 0 spiro atoms. The summed E-state index contributed by atoms with van der Waals surface area (Å²) in [4.78, 5) is 22.6. The Morgan fingerprint density at radius 1 is 0.500 bits per heavy atom. The highest BCUT2D eigenvalue weighted by Crippen LogP contribution is 2.43. The van der Waals surface area contributed by atoms with Crippen molar-refractivity contribution < 1.29 is 43.0 Å². The minimum absolute atomic E-state index is 0.0490. The van der Waals surface area contributed by atoms with Crippen LogP contribution in [0.25, 0.3) is 0 Å². The molecule has 0 aliphatic heterocycles. The second-order valence-corrected chi connectivity index (χ2v) is 18.6. The average molecular weight is 873 g/mol.